The molecule has 0 aliphatic carbocycles. The number of rotatable bonds is 5. The van der Waals surface area contributed by atoms with Crippen LogP contribution in [0.5, 0.6) is 0 Å². The average molecular weight is 435 g/mol. The topological polar surface area (TPSA) is 111 Å². The molecule has 2 heterocycles. The largest absolute Gasteiger partial charge is 0.456 e. The number of carbonyl (C=O) groups excluding carboxylic acids is 2. The van der Waals surface area contributed by atoms with Crippen LogP contribution in [0.3, 0.4) is 0 Å². The van der Waals surface area contributed by atoms with Crippen LogP contribution in [0, 0.1) is 0 Å². The zero-order valence-electron chi connectivity index (χ0n) is 14.2. The smallest absolute Gasteiger partial charge is 0.411 e. The van der Waals surface area contributed by atoms with Gasteiger partial charge in [0.1, 0.15) is 17.9 Å². The van der Waals surface area contributed by atoms with Crippen molar-refractivity contribution < 1.29 is 23.5 Å². The van der Waals surface area contributed by atoms with Crippen molar-refractivity contribution in [1.82, 2.24) is 4.98 Å². The predicted molar refractivity (Wildman–Crippen MR) is 101 cm³/mol. The molecule has 3 aromatic rings. The quantitative estimate of drug-likeness (QED) is 0.466. The summed E-state index contributed by atoms with van der Waals surface area (Å²) >= 11 is 3.24. The van der Waals surface area contributed by atoms with Gasteiger partial charge in [-0.15, -0.1) is 0 Å². The van der Waals surface area contributed by atoms with Gasteiger partial charge in [-0.05, 0) is 41.1 Å². The van der Waals surface area contributed by atoms with Gasteiger partial charge in [-0.1, -0.05) is 0 Å². The summed E-state index contributed by atoms with van der Waals surface area (Å²) in [4.78, 5) is 38.2. The number of amides is 1. The van der Waals surface area contributed by atoms with Crippen molar-refractivity contribution in [1.29, 1.82) is 0 Å². The molecule has 0 atom stereocenters. The summed E-state index contributed by atoms with van der Waals surface area (Å²) in [5.41, 5.74) is 0.849. The molecule has 0 bridgehead atoms. The number of hydrogen-bond acceptors (Lipinski definition) is 6. The summed E-state index contributed by atoms with van der Waals surface area (Å²) in [5.74, 6) is -0.553. The number of anilines is 1. The Morgan fingerprint density at radius 1 is 1.22 bits per heavy atom. The lowest BCUT2D eigenvalue weighted by Crippen LogP contribution is -2.13. The van der Waals surface area contributed by atoms with Crippen molar-refractivity contribution in [3.63, 3.8) is 0 Å². The van der Waals surface area contributed by atoms with E-state index in [0.717, 1.165) is 4.47 Å². The number of nitrogens with one attached hydrogen (secondary N) is 2. The van der Waals surface area contributed by atoms with Crippen LogP contribution in [0.2, 0.25) is 0 Å². The lowest BCUT2D eigenvalue weighted by atomic mass is 10.1. The second kappa shape index (κ2) is 8.09. The molecule has 0 spiro atoms. The second-order valence-electron chi connectivity index (χ2n) is 5.45. The second-order valence-corrected chi connectivity index (χ2v) is 6.37. The molecule has 2 N–H and O–H groups in total. The molecular weight excluding hydrogens is 420 g/mol. The Kier molecular flexibility index (Phi) is 5.60. The van der Waals surface area contributed by atoms with Crippen LogP contribution in [0.15, 0.2) is 50.2 Å². The first-order valence-corrected chi connectivity index (χ1v) is 8.77. The Labute approximate surface area is 161 Å². The van der Waals surface area contributed by atoms with Gasteiger partial charge in [-0.25, -0.2) is 14.4 Å². The van der Waals surface area contributed by atoms with Gasteiger partial charge >= 0.3 is 17.7 Å². The van der Waals surface area contributed by atoms with E-state index in [-0.39, 0.29) is 24.5 Å². The van der Waals surface area contributed by atoms with Gasteiger partial charge < -0.3 is 18.9 Å². The maximum atomic E-state index is 12.1. The normalized spacial score (nSPS) is 10.6. The average Bonchev–Trinajstić information content (AvgIpc) is 3.05. The molecular formula is C18H15BrN2O6. The third-order valence-electron chi connectivity index (χ3n) is 3.58. The lowest BCUT2D eigenvalue weighted by Gasteiger charge is -2.09. The fraction of sp³-hybridized carbons (Fsp3) is 0.167. The number of aromatic amines is 1. The molecule has 1 amide bonds. The molecule has 2 aromatic heterocycles. The van der Waals surface area contributed by atoms with E-state index < -0.39 is 17.7 Å². The number of carbonyl (C=O) groups is 2. The summed E-state index contributed by atoms with van der Waals surface area (Å²) in [7, 11) is 0. The first kappa shape index (κ1) is 18.7. The maximum Gasteiger partial charge on any atom is 0.411 e. The van der Waals surface area contributed by atoms with E-state index in [4.69, 9.17) is 13.9 Å². The Morgan fingerprint density at radius 2 is 2.04 bits per heavy atom. The highest BCUT2D eigenvalue weighted by molar-refractivity contribution is 9.10. The molecule has 1 aromatic carbocycles. The van der Waals surface area contributed by atoms with Crippen molar-refractivity contribution in [2.24, 2.45) is 0 Å². The molecule has 8 nitrogen and oxygen atoms in total. The first-order valence-electron chi connectivity index (χ1n) is 7.98. The van der Waals surface area contributed by atoms with Crippen molar-refractivity contribution in [3.8, 4) is 0 Å². The summed E-state index contributed by atoms with van der Waals surface area (Å²) < 4.78 is 16.0. The Hall–Kier alpha value is -3.07. The number of benzene rings is 1. The molecule has 27 heavy (non-hydrogen) atoms. The van der Waals surface area contributed by atoms with Crippen LogP contribution in [-0.4, -0.2) is 23.7 Å². The van der Waals surface area contributed by atoms with E-state index in [9.17, 15) is 14.4 Å². The molecule has 3 rings (SSSR count). The van der Waals surface area contributed by atoms with Gasteiger partial charge in [0.25, 0.3) is 0 Å². The number of fused-ring (bicyclic) bond motifs is 1. The van der Waals surface area contributed by atoms with Gasteiger partial charge in [0.15, 0.2) is 0 Å². The van der Waals surface area contributed by atoms with Gasteiger partial charge in [0, 0.05) is 39.4 Å². The number of halogens is 1. The third kappa shape index (κ3) is 4.56. The van der Waals surface area contributed by atoms with E-state index in [1.165, 1.54) is 12.1 Å². The fourth-order valence-corrected chi connectivity index (χ4v) is 2.76. The highest BCUT2D eigenvalue weighted by Crippen LogP contribution is 2.22. The van der Waals surface area contributed by atoms with E-state index in [2.05, 4.69) is 26.2 Å². The van der Waals surface area contributed by atoms with Gasteiger partial charge in [-0.2, -0.15) is 0 Å². The molecule has 0 fully saturated rings. The molecule has 0 aliphatic heterocycles. The van der Waals surface area contributed by atoms with E-state index in [1.54, 1.807) is 31.3 Å². The highest BCUT2D eigenvalue weighted by Gasteiger charge is 2.13. The number of esters is 1. The summed E-state index contributed by atoms with van der Waals surface area (Å²) in [6, 6.07) is 7.65. The molecule has 0 aliphatic rings. The first-order chi connectivity index (χ1) is 13.0. The van der Waals surface area contributed by atoms with E-state index in [1.807, 2.05) is 0 Å². The summed E-state index contributed by atoms with van der Waals surface area (Å²) in [5, 5.41) is 3.12. The Balaban J connectivity index is 1.82. The summed E-state index contributed by atoms with van der Waals surface area (Å²) in [6.07, 6.45) is 1.00. The van der Waals surface area contributed by atoms with E-state index >= 15 is 0 Å². The number of ether oxygens (including phenoxy) is 2. The molecule has 0 saturated carbocycles. The van der Waals surface area contributed by atoms with Crippen LogP contribution in [0.1, 0.15) is 23.0 Å². The number of hydrogen-bond donors (Lipinski definition) is 2. The van der Waals surface area contributed by atoms with Crippen LogP contribution in [0.25, 0.3) is 11.0 Å². The fourth-order valence-electron chi connectivity index (χ4n) is 2.42. The van der Waals surface area contributed by atoms with E-state index in [0.29, 0.717) is 16.6 Å². The molecule has 140 valence electrons. The molecule has 9 heteroatoms. The standard InChI is InChI=1S/C18H15BrN2O6/c1-2-25-18(24)21-12-3-4-13-10(5-16(22)27-15(13)7-12)9-26-17(23)14-6-11(19)8-20-14/h3-8,20H,2,9H2,1H3,(H,21,24). The van der Waals surface area contributed by atoms with Crippen molar-refractivity contribution in [2.45, 2.75) is 13.5 Å². The van der Waals surface area contributed by atoms with Crippen LogP contribution in [-0.2, 0) is 16.1 Å². The SMILES string of the molecule is CCOC(=O)Nc1ccc2c(COC(=O)c3cc(Br)c[nH]3)cc(=O)oc2c1. The predicted octanol–water partition coefficient (Wildman–Crippen LogP) is 3.81. The van der Waals surface area contributed by atoms with Crippen LogP contribution in [0.4, 0.5) is 10.5 Å². The number of H-pyrrole nitrogens is 1. The van der Waals surface area contributed by atoms with Gasteiger partial charge in [0.2, 0.25) is 0 Å². The van der Waals surface area contributed by atoms with Crippen molar-refractivity contribution in [3.05, 3.63) is 62.7 Å². The van der Waals surface area contributed by atoms with Crippen LogP contribution < -0.4 is 10.9 Å². The zero-order valence-corrected chi connectivity index (χ0v) is 15.8. The lowest BCUT2D eigenvalue weighted by molar-refractivity contribution is 0.0467. The minimum Gasteiger partial charge on any atom is -0.456 e. The Bertz CT molecular complexity index is 1060. The monoisotopic (exact) mass is 434 g/mol. The molecule has 0 saturated heterocycles. The number of aromatic nitrogens is 1. The summed E-state index contributed by atoms with van der Waals surface area (Å²) in [6.45, 7) is 1.82. The highest BCUT2D eigenvalue weighted by atomic mass is 79.9. The Morgan fingerprint density at radius 3 is 2.74 bits per heavy atom. The third-order valence-corrected chi connectivity index (χ3v) is 4.04. The maximum absolute atomic E-state index is 12.1. The van der Waals surface area contributed by atoms with Crippen molar-refractivity contribution in [2.75, 3.05) is 11.9 Å². The van der Waals surface area contributed by atoms with Gasteiger partial charge in [0.05, 0.1) is 6.61 Å². The van der Waals surface area contributed by atoms with Gasteiger partial charge in [-0.3, -0.25) is 5.32 Å². The minimum atomic E-state index is -0.610. The zero-order chi connectivity index (χ0) is 19.4. The minimum absolute atomic E-state index is 0.109. The molecule has 0 radical (unpaired) electrons. The molecule has 0 unspecified atom stereocenters. The van der Waals surface area contributed by atoms with Crippen LogP contribution >= 0.6 is 15.9 Å². The van der Waals surface area contributed by atoms with Crippen molar-refractivity contribution >= 4 is 44.6 Å².